The molecule has 0 fully saturated rings. The molecule has 2 N–H and O–H groups in total. The van der Waals surface area contributed by atoms with E-state index in [4.69, 9.17) is 5.11 Å². The Morgan fingerprint density at radius 3 is 3.05 bits per heavy atom. The van der Waals surface area contributed by atoms with Crippen LogP contribution in [0.3, 0.4) is 0 Å². The number of carbonyl (C=O) groups is 1. The summed E-state index contributed by atoms with van der Waals surface area (Å²) in [4.78, 5) is 16.6. The first-order chi connectivity index (χ1) is 10.2. The van der Waals surface area contributed by atoms with Crippen LogP contribution in [0.25, 0.3) is 4.96 Å². The van der Waals surface area contributed by atoms with Gasteiger partial charge in [0.1, 0.15) is 0 Å². The third-order valence-corrected chi connectivity index (χ3v) is 4.04. The minimum Gasteiger partial charge on any atom is -0.478 e. The quantitative estimate of drug-likeness (QED) is 0.686. The second-order valence-corrected chi connectivity index (χ2v) is 5.59. The Balaban J connectivity index is 1.54. The molecule has 0 unspecified atom stereocenters. The van der Waals surface area contributed by atoms with Crippen LogP contribution in [0.15, 0.2) is 42.0 Å². The Hall–Kier alpha value is -2.18. The predicted molar refractivity (Wildman–Crippen MR) is 81.9 cm³/mol. The first kappa shape index (κ1) is 13.8. The smallest absolute Gasteiger partial charge is 0.335 e. The van der Waals surface area contributed by atoms with Crippen LogP contribution in [-0.4, -0.2) is 27.0 Å². The Morgan fingerprint density at radius 2 is 2.24 bits per heavy atom. The number of carboxylic acid groups (broad SMARTS) is 1. The van der Waals surface area contributed by atoms with Crippen molar-refractivity contribution in [3.8, 4) is 0 Å². The fourth-order valence-corrected chi connectivity index (χ4v) is 2.97. The van der Waals surface area contributed by atoms with E-state index in [0.717, 1.165) is 22.8 Å². The molecule has 108 valence electrons. The summed E-state index contributed by atoms with van der Waals surface area (Å²) in [6.07, 6.45) is 4.67. The highest BCUT2D eigenvalue weighted by Crippen LogP contribution is 2.11. The summed E-state index contributed by atoms with van der Waals surface area (Å²) < 4.78 is 2.00. The average Bonchev–Trinajstić information content (AvgIpc) is 3.05. The summed E-state index contributed by atoms with van der Waals surface area (Å²) in [7, 11) is 0. The summed E-state index contributed by atoms with van der Waals surface area (Å²) in [6.45, 7) is 1.40. The van der Waals surface area contributed by atoms with Crippen molar-refractivity contribution in [2.24, 2.45) is 0 Å². The van der Waals surface area contributed by atoms with E-state index in [-0.39, 0.29) is 0 Å². The van der Waals surface area contributed by atoms with E-state index in [1.54, 1.807) is 23.5 Å². The first-order valence-corrected chi connectivity index (χ1v) is 7.55. The molecule has 21 heavy (non-hydrogen) atoms. The zero-order chi connectivity index (χ0) is 14.7. The lowest BCUT2D eigenvalue weighted by molar-refractivity contribution is 0.0695. The molecule has 6 heteroatoms. The number of thiazole rings is 1. The lowest BCUT2D eigenvalue weighted by Crippen LogP contribution is -2.18. The third-order valence-electron chi connectivity index (χ3n) is 3.27. The molecule has 2 aromatic heterocycles. The predicted octanol–water partition coefficient (Wildman–Crippen LogP) is 2.43. The van der Waals surface area contributed by atoms with E-state index in [0.29, 0.717) is 18.5 Å². The van der Waals surface area contributed by atoms with Gasteiger partial charge in [0.15, 0.2) is 4.96 Å². The molecule has 3 rings (SSSR count). The summed E-state index contributed by atoms with van der Waals surface area (Å²) in [6, 6.07) is 7.11. The number of fused-ring (bicyclic) bond motifs is 1. The number of rotatable bonds is 6. The van der Waals surface area contributed by atoms with Gasteiger partial charge in [0.2, 0.25) is 0 Å². The normalized spacial score (nSPS) is 11.0. The molecule has 0 radical (unpaired) electrons. The van der Waals surface area contributed by atoms with Crippen molar-refractivity contribution in [3.63, 3.8) is 0 Å². The van der Waals surface area contributed by atoms with Crippen LogP contribution >= 0.6 is 11.3 Å². The molecule has 1 aromatic carbocycles. The fourth-order valence-electron chi connectivity index (χ4n) is 2.25. The SMILES string of the molecule is O=C(O)c1ccccc1CCNCc1cn2ccsc2n1. The van der Waals surface area contributed by atoms with Gasteiger partial charge in [-0.2, -0.15) is 0 Å². The zero-order valence-electron chi connectivity index (χ0n) is 11.3. The molecule has 5 nitrogen and oxygen atoms in total. The van der Waals surface area contributed by atoms with E-state index >= 15 is 0 Å². The maximum Gasteiger partial charge on any atom is 0.335 e. The Bertz CT molecular complexity index is 734. The van der Waals surface area contributed by atoms with Crippen molar-refractivity contribution >= 4 is 22.3 Å². The van der Waals surface area contributed by atoms with Gasteiger partial charge in [-0.05, 0) is 24.6 Å². The van der Waals surface area contributed by atoms with Crippen molar-refractivity contribution in [2.45, 2.75) is 13.0 Å². The van der Waals surface area contributed by atoms with E-state index in [1.165, 1.54) is 0 Å². The second-order valence-electron chi connectivity index (χ2n) is 4.71. The van der Waals surface area contributed by atoms with Gasteiger partial charge in [-0.15, -0.1) is 11.3 Å². The summed E-state index contributed by atoms with van der Waals surface area (Å²) in [5.41, 5.74) is 2.22. The molecular formula is C15H15N3O2S. The van der Waals surface area contributed by atoms with Crippen molar-refractivity contribution in [1.82, 2.24) is 14.7 Å². The lowest BCUT2D eigenvalue weighted by atomic mass is 10.0. The number of benzene rings is 1. The van der Waals surface area contributed by atoms with E-state index in [1.807, 2.05) is 34.3 Å². The number of hydrogen-bond donors (Lipinski definition) is 2. The Kier molecular flexibility index (Phi) is 3.98. The highest BCUT2D eigenvalue weighted by molar-refractivity contribution is 7.15. The number of aromatic nitrogens is 2. The summed E-state index contributed by atoms with van der Waals surface area (Å²) in [5.74, 6) is -0.875. The summed E-state index contributed by atoms with van der Waals surface area (Å²) in [5, 5.41) is 14.4. The van der Waals surface area contributed by atoms with Gasteiger partial charge in [0.05, 0.1) is 11.3 Å². The van der Waals surface area contributed by atoms with Gasteiger partial charge in [0.25, 0.3) is 0 Å². The maximum atomic E-state index is 11.1. The van der Waals surface area contributed by atoms with Gasteiger partial charge in [-0.1, -0.05) is 18.2 Å². The van der Waals surface area contributed by atoms with Crippen LogP contribution in [0, 0.1) is 0 Å². The zero-order valence-corrected chi connectivity index (χ0v) is 12.1. The molecule has 0 aliphatic heterocycles. The highest BCUT2D eigenvalue weighted by atomic mass is 32.1. The molecule has 0 spiro atoms. The second kappa shape index (κ2) is 6.07. The minimum atomic E-state index is -0.875. The van der Waals surface area contributed by atoms with Gasteiger partial charge in [-0.3, -0.25) is 4.40 Å². The Morgan fingerprint density at radius 1 is 1.38 bits per heavy atom. The topological polar surface area (TPSA) is 66.6 Å². The highest BCUT2D eigenvalue weighted by Gasteiger charge is 2.08. The molecule has 0 atom stereocenters. The van der Waals surface area contributed by atoms with Gasteiger partial charge in [-0.25, -0.2) is 9.78 Å². The van der Waals surface area contributed by atoms with Crippen LogP contribution in [0.1, 0.15) is 21.6 Å². The van der Waals surface area contributed by atoms with E-state index in [9.17, 15) is 4.79 Å². The number of hydrogen-bond acceptors (Lipinski definition) is 4. The van der Waals surface area contributed by atoms with Crippen molar-refractivity contribution in [1.29, 1.82) is 0 Å². The third kappa shape index (κ3) is 3.12. The largest absolute Gasteiger partial charge is 0.478 e. The first-order valence-electron chi connectivity index (χ1n) is 6.67. The fraction of sp³-hybridized carbons (Fsp3) is 0.200. The molecule has 0 saturated carbocycles. The Labute approximate surface area is 125 Å². The van der Waals surface area contributed by atoms with E-state index < -0.39 is 5.97 Å². The number of imidazole rings is 1. The number of aromatic carboxylic acids is 1. The van der Waals surface area contributed by atoms with Crippen molar-refractivity contribution in [2.75, 3.05) is 6.54 Å². The molecule has 0 bridgehead atoms. The van der Waals surface area contributed by atoms with Crippen LogP contribution in [0.2, 0.25) is 0 Å². The van der Waals surface area contributed by atoms with Gasteiger partial charge < -0.3 is 10.4 Å². The lowest BCUT2D eigenvalue weighted by Gasteiger charge is -2.06. The number of carboxylic acids is 1. The van der Waals surface area contributed by atoms with Crippen molar-refractivity contribution in [3.05, 3.63) is 58.9 Å². The molecule has 0 aliphatic carbocycles. The molecule has 2 heterocycles. The molecular weight excluding hydrogens is 286 g/mol. The monoisotopic (exact) mass is 301 g/mol. The number of nitrogens with zero attached hydrogens (tertiary/aromatic N) is 2. The molecule has 0 saturated heterocycles. The standard InChI is InChI=1S/C15H15N3O2S/c19-14(20)13-4-2-1-3-11(13)5-6-16-9-12-10-18-7-8-21-15(18)17-12/h1-4,7-8,10,16H,5-6,9H2,(H,19,20). The van der Waals surface area contributed by atoms with Gasteiger partial charge in [0, 0.05) is 24.3 Å². The van der Waals surface area contributed by atoms with E-state index in [2.05, 4.69) is 10.3 Å². The van der Waals surface area contributed by atoms with Crippen molar-refractivity contribution < 1.29 is 9.90 Å². The average molecular weight is 301 g/mol. The maximum absolute atomic E-state index is 11.1. The summed E-state index contributed by atoms with van der Waals surface area (Å²) >= 11 is 1.61. The van der Waals surface area contributed by atoms with Gasteiger partial charge >= 0.3 is 5.97 Å². The molecule has 0 amide bonds. The van der Waals surface area contributed by atoms with Crippen LogP contribution < -0.4 is 5.32 Å². The van der Waals surface area contributed by atoms with Crippen LogP contribution in [0.4, 0.5) is 0 Å². The number of nitrogens with one attached hydrogen (secondary N) is 1. The van der Waals surface area contributed by atoms with Crippen LogP contribution in [-0.2, 0) is 13.0 Å². The minimum absolute atomic E-state index is 0.377. The van der Waals surface area contributed by atoms with Crippen LogP contribution in [0.5, 0.6) is 0 Å². The molecule has 0 aliphatic rings. The molecule has 3 aromatic rings.